The third kappa shape index (κ3) is 7.27. The smallest absolute Gasteiger partial charge is 0.340 e. The van der Waals surface area contributed by atoms with Crippen LogP contribution in [-0.2, 0) is 30.8 Å². The summed E-state index contributed by atoms with van der Waals surface area (Å²) in [6.07, 6.45) is 1.77. The number of primary sulfonamides is 1. The van der Waals surface area contributed by atoms with Crippen LogP contribution in [0.25, 0.3) is 0 Å². The van der Waals surface area contributed by atoms with Crippen LogP contribution in [0.15, 0.2) is 39.8 Å². The second-order valence-corrected chi connectivity index (χ2v) is 9.62. The lowest BCUT2D eigenvalue weighted by Gasteiger charge is -2.16. The number of nitrogens with two attached hydrogens (primary N) is 1. The summed E-state index contributed by atoms with van der Waals surface area (Å²) in [5.41, 5.74) is -0.441. The molecule has 0 radical (unpaired) electrons. The molecule has 1 heterocycles. The SMILES string of the molecule is CC(C)(C)C(=O)OCCCOC(=O)c1cc(S(N)(=O)=O)c(Cl)cc1NCc1ccco1. The number of hydrogen-bond donors (Lipinski definition) is 2. The highest BCUT2D eigenvalue weighted by Gasteiger charge is 2.23. The zero-order chi connectivity index (χ0) is 23.2. The Morgan fingerprint density at radius 2 is 1.87 bits per heavy atom. The molecule has 170 valence electrons. The average molecular weight is 473 g/mol. The Bertz CT molecular complexity index is 1030. The number of rotatable bonds is 9. The van der Waals surface area contributed by atoms with Crippen LogP contribution >= 0.6 is 11.6 Å². The zero-order valence-electron chi connectivity index (χ0n) is 17.4. The molecule has 0 saturated heterocycles. The van der Waals surface area contributed by atoms with Crippen molar-refractivity contribution in [3.63, 3.8) is 0 Å². The van der Waals surface area contributed by atoms with E-state index in [1.165, 1.54) is 12.3 Å². The molecule has 1 aromatic heterocycles. The third-order valence-electron chi connectivity index (χ3n) is 4.00. The number of carbonyl (C=O) groups excluding carboxylic acids is 2. The fraction of sp³-hybridized carbons (Fsp3) is 0.400. The number of carbonyl (C=O) groups is 2. The number of benzene rings is 1. The number of halogens is 1. The summed E-state index contributed by atoms with van der Waals surface area (Å²) in [4.78, 5) is 23.9. The first-order valence-electron chi connectivity index (χ1n) is 9.36. The largest absolute Gasteiger partial charge is 0.467 e. The Morgan fingerprint density at radius 1 is 1.19 bits per heavy atom. The van der Waals surface area contributed by atoms with E-state index in [9.17, 15) is 18.0 Å². The van der Waals surface area contributed by atoms with Crippen LogP contribution in [0.4, 0.5) is 5.69 Å². The van der Waals surface area contributed by atoms with Crippen molar-refractivity contribution in [2.75, 3.05) is 18.5 Å². The lowest BCUT2D eigenvalue weighted by Crippen LogP contribution is -2.23. The van der Waals surface area contributed by atoms with Gasteiger partial charge in [-0.15, -0.1) is 0 Å². The van der Waals surface area contributed by atoms with Gasteiger partial charge in [-0.1, -0.05) is 11.6 Å². The van der Waals surface area contributed by atoms with E-state index < -0.39 is 26.3 Å². The van der Waals surface area contributed by atoms with E-state index in [2.05, 4.69) is 5.32 Å². The summed E-state index contributed by atoms with van der Waals surface area (Å²) in [6.45, 7) is 5.46. The van der Waals surface area contributed by atoms with Gasteiger partial charge in [0.15, 0.2) is 0 Å². The van der Waals surface area contributed by atoms with E-state index in [0.29, 0.717) is 5.76 Å². The molecule has 2 aromatic rings. The third-order valence-corrected chi connectivity index (χ3v) is 5.37. The van der Waals surface area contributed by atoms with Gasteiger partial charge < -0.3 is 19.2 Å². The van der Waals surface area contributed by atoms with E-state index in [0.717, 1.165) is 6.07 Å². The predicted molar refractivity (Wildman–Crippen MR) is 114 cm³/mol. The second-order valence-electron chi connectivity index (χ2n) is 7.68. The Hall–Kier alpha value is -2.56. The molecule has 0 amide bonds. The van der Waals surface area contributed by atoms with E-state index in [1.54, 1.807) is 32.9 Å². The Morgan fingerprint density at radius 3 is 2.45 bits per heavy atom. The molecule has 0 atom stereocenters. The number of hydrogen-bond acceptors (Lipinski definition) is 8. The average Bonchev–Trinajstić information content (AvgIpc) is 3.17. The second kappa shape index (κ2) is 10.2. The van der Waals surface area contributed by atoms with Gasteiger partial charge in [0.2, 0.25) is 10.0 Å². The van der Waals surface area contributed by atoms with E-state index in [4.69, 9.17) is 30.6 Å². The zero-order valence-corrected chi connectivity index (χ0v) is 19.0. The fourth-order valence-corrected chi connectivity index (χ4v) is 3.46. The minimum Gasteiger partial charge on any atom is -0.467 e. The molecule has 1 aromatic carbocycles. The van der Waals surface area contributed by atoms with Gasteiger partial charge in [-0.3, -0.25) is 4.79 Å². The topological polar surface area (TPSA) is 138 Å². The van der Waals surface area contributed by atoms with Gasteiger partial charge in [0.05, 0.1) is 47.7 Å². The van der Waals surface area contributed by atoms with Crippen LogP contribution in [0.3, 0.4) is 0 Å². The molecule has 31 heavy (non-hydrogen) atoms. The molecule has 3 N–H and O–H groups in total. The van der Waals surface area contributed by atoms with E-state index in [-0.39, 0.29) is 48.4 Å². The van der Waals surface area contributed by atoms with Crippen LogP contribution < -0.4 is 10.5 Å². The molecule has 0 aliphatic rings. The Labute approximate surface area is 185 Å². The summed E-state index contributed by atoms with van der Waals surface area (Å²) >= 11 is 6.04. The standard InChI is InChI=1S/C20H25ClN2O7S/c1-20(2,3)19(25)30-9-5-8-29-18(24)14-10-17(31(22,26)27)15(21)11-16(14)23-12-13-6-4-7-28-13/h4,6-7,10-11,23H,5,8-9,12H2,1-3H3,(H2,22,26,27). The Balaban J connectivity index is 2.10. The number of esters is 2. The molecule has 0 aliphatic heterocycles. The lowest BCUT2D eigenvalue weighted by atomic mass is 9.97. The van der Waals surface area contributed by atoms with Crippen LogP contribution in [0.2, 0.25) is 5.02 Å². The van der Waals surface area contributed by atoms with Crippen molar-refractivity contribution in [3.05, 3.63) is 46.9 Å². The van der Waals surface area contributed by atoms with Gasteiger partial charge in [0.25, 0.3) is 0 Å². The molecule has 0 spiro atoms. The number of anilines is 1. The van der Waals surface area contributed by atoms with Crippen molar-refractivity contribution >= 4 is 39.3 Å². The monoisotopic (exact) mass is 472 g/mol. The van der Waals surface area contributed by atoms with Gasteiger partial charge in [0.1, 0.15) is 10.7 Å². The quantitative estimate of drug-likeness (QED) is 0.418. The van der Waals surface area contributed by atoms with Crippen LogP contribution in [-0.4, -0.2) is 33.6 Å². The van der Waals surface area contributed by atoms with Crippen molar-refractivity contribution in [2.24, 2.45) is 10.6 Å². The maximum absolute atomic E-state index is 12.6. The molecular weight excluding hydrogens is 448 g/mol. The first-order valence-corrected chi connectivity index (χ1v) is 11.3. The molecule has 0 unspecified atom stereocenters. The first-order chi connectivity index (χ1) is 14.4. The molecule has 0 bridgehead atoms. The fourth-order valence-electron chi connectivity index (χ4n) is 2.36. The van der Waals surface area contributed by atoms with E-state index in [1.807, 2.05) is 0 Å². The van der Waals surface area contributed by atoms with Gasteiger partial charge in [-0.2, -0.15) is 0 Å². The van der Waals surface area contributed by atoms with Crippen LogP contribution in [0.1, 0.15) is 43.3 Å². The van der Waals surface area contributed by atoms with Gasteiger partial charge in [-0.25, -0.2) is 18.4 Å². The molecule has 11 heteroatoms. The van der Waals surface area contributed by atoms with Crippen molar-refractivity contribution in [1.82, 2.24) is 0 Å². The van der Waals surface area contributed by atoms with Crippen molar-refractivity contribution in [1.29, 1.82) is 0 Å². The maximum atomic E-state index is 12.6. The lowest BCUT2D eigenvalue weighted by molar-refractivity contribution is -0.153. The van der Waals surface area contributed by atoms with Crippen LogP contribution in [0, 0.1) is 5.41 Å². The molecule has 9 nitrogen and oxygen atoms in total. The molecule has 0 aliphatic carbocycles. The minimum atomic E-state index is -4.16. The minimum absolute atomic E-state index is 0.0405. The number of sulfonamides is 1. The predicted octanol–water partition coefficient (Wildman–Crippen LogP) is 3.33. The van der Waals surface area contributed by atoms with Gasteiger partial charge >= 0.3 is 11.9 Å². The highest BCUT2D eigenvalue weighted by molar-refractivity contribution is 7.89. The summed E-state index contributed by atoms with van der Waals surface area (Å²) in [5.74, 6) is -0.559. The molecular formula is C20H25ClN2O7S. The van der Waals surface area contributed by atoms with E-state index >= 15 is 0 Å². The normalized spacial score (nSPS) is 11.8. The van der Waals surface area contributed by atoms with Gasteiger partial charge in [-0.05, 0) is 45.0 Å². The summed E-state index contributed by atoms with van der Waals surface area (Å²) in [6, 6.07) is 5.77. The van der Waals surface area contributed by atoms with Crippen molar-refractivity contribution in [3.8, 4) is 0 Å². The number of furan rings is 1. The molecule has 2 rings (SSSR count). The summed E-state index contributed by atoms with van der Waals surface area (Å²) in [7, 11) is -4.16. The number of ether oxygens (including phenoxy) is 2. The van der Waals surface area contributed by atoms with Crippen molar-refractivity contribution in [2.45, 2.75) is 38.6 Å². The summed E-state index contributed by atoms with van der Waals surface area (Å²) < 4.78 is 39.1. The first kappa shape index (κ1) is 24.7. The maximum Gasteiger partial charge on any atom is 0.340 e. The molecule has 0 saturated carbocycles. The molecule has 0 fully saturated rings. The summed E-state index contributed by atoms with van der Waals surface area (Å²) in [5, 5.41) is 8.00. The van der Waals surface area contributed by atoms with Crippen molar-refractivity contribution < 1.29 is 31.9 Å². The highest BCUT2D eigenvalue weighted by atomic mass is 35.5. The van der Waals surface area contributed by atoms with Gasteiger partial charge in [0, 0.05) is 6.42 Å². The highest BCUT2D eigenvalue weighted by Crippen LogP contribution is 2.29. The number of nitrogens with one attached hydrogen (secondary N) is 1. The van der Waals surface area contributed by atoms with Crippen LogP contribution in [0.5, 0.6) is 0 Å². The Kier molecular flexibility index (Phi) is 8.10.